The summed E-state index contributed by atoms with van der Waals surface area (Å²) in [7, 11) is 1.94. The highest BCUT2D eigenvalue weighted by Gasteiger charge is 2.27. The first-order chi connectivity index (χ1) is 6.10. The van der Waals surface area contributed by atoms with E-state index in [2.05, 4.69) is 6.92 Å². The van der Waals surface area contributed by atoms with Crippen LogP contribution in [0.25, 0.3) is 0 Å². The van der Waals surface area contributed by atoms with Crippen molar-refractivity contribution in [2.45, 2.75) is 26.0 Å². The van der Waals surface area contributed by atoms with Crippen molar-refractivity contribution < 1.29 is 9.84 Å². The molecule has 1 atom stereocenters. The van der Waals surface area contributed by atoms with Crippen LogP contribution in [0.15, 0.2) is 0 Å². The van der Waals surface area contributed by atoms with E-state index in [1.54, 1.807) is 0 Å². The molecule has 0 radical (unpaired) electrons. The van der Waals surface area contributed by atoms with E-state index in [1.807, 2.05) is 18.9 Å². The second kappa shape index (κ2) is 6.32. The van der Waals surface area contributed by atoms with E-state index in [0.717, 1.165) is 6.42 Å². The molecular weight excluding hydrogens is 168 g/mol. The van der Waals surface area contributed by atoms with Gasteiger partial charge in [0.25, 0.3) is 0 Å². The largest absolute Gasteiger partial charge is 0.395 e. The minimum Gasteiger partial charge on any atom is -0.395 e. The van der Waals surface area contributed by atoms with Gasteiger partial charge in [-0.25, -0.2) is 0 Å². The number of nitrogens with zero attached hydrogens (tertiary/aromatic N) is 1. The van der Waals surface area contributed by atoms with Crippen LogP contribution in [-0.4, -0.2) is 49.1 Å². The zero-order valence-electron chi connectivity index (χ0n) is 8.92. The number of hydrogen-bond donors (Lipinski definition) is 2. The predicted octanol–water partition coefficient (Wildman–Crippen LogP) is 0.0120. The number of likely N-dealkylation sites (N-methyl/N-ethyl adjacent to an activating group) is 1. The Bertz CT molecular complexity index is 133. The summed E-state index contributed by atoms with van der Waals surface area (Å²) in [5.74, 6) is 0. The van der Waals surface area contributed by atoms with Crippen molar-refractivity contribution in [2.75, 3.05) is 33.4 Å². The molecule has 4 heteroatoms. The molecule has 80 valence electrons. The third kappa shape index (κ3) is 4.04. The molecule has 3 N–H and O–H groups in total. The van der Waals surface area contributed by atoms with Gasteiger partial charge in [0.1, 0.15) is 5.72 Å². The van der Waals surface area contributed by atoms with E-state index in [0.29, 0.717) is 19.7 Å². The monoisotopic (exact) mass is 190 g/mol. The molecule has 0 aromatic rings. The van der Waals surface area contributed by atoms with Gasteiger partial charge in [-0.2, -0.15) is 0 Å². The van der Waals surface area contributed by atoms with E-state index < -0.39 is 0 Å². The molecule has 0 aliphatic rings. The highest BCUT2D eigenvalue weighted by molar-refractivity contribution is 4.72. The van der Waals surface area contributed by atoms with Gasteiger partial charge < -0.3 is 15.6 Å². The van der Waals surface area contributed by atoms with Crippen LogP contribution in [0.1, 0.15) is 20.3 Å². The number of nitrogens with two attached hydrogens (primary N) is 1. The van der Waals surface area contributed by atoms with Crippen LogP contribution in [0.4, 0.5) is 0 Å². The van der Waals surface area contributed by atoms with E-state index >= 15 is 0 Å². The second-order valence-corrected chi connectivity index (χ2v) is 3.31. The maximum Gasteiger partial charge on any atom is 0.118 e. The highest BCUT2D eigenvalue weighted by Crippen LogP contribution is 2.18. The van der Waals surface area contributed by atoms with E-state index in [4.69, 9.17) is 15.6 Å². The third-order valence-electron chi connectivity index (χ3n) is 2.43. The number of ether oxygens (including phenoxy) is 1. The van der Waals surface area contributed by atoms with Crippen molar-refractivity contribution in [3.63, 3.8) is 0 Å². The van der Waals surface area contributed by atoms with Crippen LogP contribution in [0, 0.1) is 0 Å². The summed E-state index contributed by atoms with van der Waals surface area (Å²) in [6, 6.07) is 0. The molecule has 13 heavy (non-hydrogen) atoms. The molecule has 0 spiro atoms. The lowest BCUT2D eigenvalue weighted by molar-refractivity contribution is -0.137. The molecule has 0 saturated heterocycles. The summed E-state index contributed by atoms with van der Waals surface area (Å²) in [4.78, 5) is 2.00. The standard InChI is InChI=1S/C9H22N2O2/c1-4-9(2,13-8-5-10)11(3)6-7-12/h12H,4-8,10H2,1-3H3. The fourth-order valence-electron chi connectivity index (χ4n) is 1.15. The minimum atomic E-state index is -0.303. The van der Waals surface area contributed by atoms with Crippen molar-refractivity contribution in [2.24, 2.45) is 5.73 Å². The van der Waals surface area contributed by atoms with Crippen LogP contribution in [0.5, 0.6) is 0 Å². The first-order valence-electron chi connectivity index (χ1n) is 4.76. The SMILES string of the molecule is CCC(C)(OCCN)N(C)CCO. The highest BCUT2D eigenvalue weighted by atomic mass is 16.5. The summed E-state index contributed by atoms with van der Waals surface area (Å²) >= 11 is 0. The Morgan fingerprint density at radius 2 is 2.15 bits per heavy atom. The van der Waals surface area contributed by atoms with Gasteiger partial charge in [0.2, 0.25) is 0 Å². The summed E-state index contributed by atoms with van der Waals surface area (Å²) in [6.45, 7) is 5.93. The first kappa shape index (κ1) is 12.8. The zero-order chi connectivity index (χ0) is 10.3. The normalized spacial score (nSPS) is 16.2. The molecule has 0 aliphatic heterocycles. The Balaban J connectivity index is 4.07. The van der Waals surface area contributed by atoms with Crippen molar-refractivity contribution in [1.82, 2.24) is 4.90 Å². The van der Waals surface area contributed by atoms with Gasteiger partial charge in [-0.1, -0.05) is 6.92 Å². The van der Waals surface area contributed by atoms with Crippen molar-refractivity contribution in [3.05, 3.63) is 0 Å². The molecule has 0 bridgehead atoms. The topological polar surface area (TPSA) is 58.7 Å². The zero-order valence-corrected chi connectivity index (χ0v) is 8.92. The van der Waals surface area contributed by atoms with Gasteiger partial charge in [-0.15, -0.1) is 0 Å². The molecule has 0 rings (SSSR count). The molecular formula is C9H22N2O2. The van der Waals surface area contributed by atoms with Crippen LogP contribution in [-0.2, 0) is 4.74 Å². The maximum atomic E-state index is 8.80. The number of aliphatic hydroxyl groups excluding tert-OH is 1. The van der Waals surface area contributed by atoms with Gasteiger partial charge >= 0.3 is 0 Å². The Morgan fingerprint density at radius 1 is 1.54 bits per heavy atom. The number of aliphatic hydroxyl groups is 1. The fourth-order valence-corrected chi connectivity index (χ4v) is 1.15. The summed E-state index contributed by atoms with van der Waals surface area (Å²) in [5, 5.41) is 8.80. The fraction of sp³-hybridized carbons (Fsp3) is 1.00. The van der Waals surface area contributed by atoms with E-state index in [-0.39, 0.29) is 12.3 Å². The van der Waals surface area contributed by atoms with Gasteiger partial charge in [0.15, 0.2) is 0 Å². The quantitative estimate of drug-likeness (QED) is 0.555. The maximum absolute atomic E-state index is 8.80. The molecule has 0 aromatic heterocycles. The lowest BCUT2D eigenvalue weighted by Gasteiger charge is -2.37. The van der Waals surface area contributed by atoms with Gasteiger partial charge in [0.05, 0.1) is 13.2 Å². The number of rotatable bonds is 7. The average Bonchev–Trinajstić information content (AvgIpc) is 2.14. The first-order valence-corrected chi connectivity index (χ1v) is 4.76. The average molecular weight is 190 g/mol. The van der Waals surface area contributed by atoms with Crippen molar-refractivity contribution >= 4 is 0 Å². The van der Waals surface area contributed by atoms with E-state index in [9.17, 15) is 0 Å². The third-order valence-corrected chi connectivity index (χ3v) is 2.43. The van der Waals surface area contributed by atoms with Gasteiger partial charge in [-0.05, 0) is 20.4 Å². The lowest BCUT2D eigenvalue weighted by atomic mass is 10.1. The molecule has 1 unspecified atom stereocenters. The smallest absolute Gasteiger partial charge is 0.118 e. The molecule has 0 heterocycles. The minimum absolute atomic E-state index is 0.151. The van der Waals surface area contributed by atoms with Gasteiger partial charge in [-0.3, -0.25) is 4.90 Å². The Hall–Kier alpha value is -0.160. The molecule has 4 nitrogen and oxygen atoms in total. The van der Waals surface area contributed by atoms with Crippen molar-refractivity contribution in [1.29, 1.82) is 0 Å². The van der Waals surface area contributed by atoms with Crippen LogP contribution in [0.2, 0.25) is 0 Å². The summed E-state index contributed by atoms with van der Waals surface area (Å²) in [5.41, 5.74) is 5.07. The van der Waals surface area contributed by atoms with Crippen LogP contribution >= 0.6 is 0 Å². The van der Waals surface area contributed by atoms with Gasteiger partial charge in [0, 0.05) is 13.1 Å². The Labute approximate surface area is 80.7 Å². The number of hydrogen-bond acceptors (Lipinski definition) is 4. The Kier molecular flexibility index (Phi) is 6.24. The van der Waals surface area contributed by atoms with Crippen LogP contribution < -0.4 is 5.73 Å². The van der Waals surface area contributed by atoms with Crippen LogP contribution in [0.3, 0.4) is 0 Å². The predicted molar refractivity (Wildman–Crippen MR) is 53.4 cm³/mol. The molecule has 0 aromatic carbocycles. The van der Waals surface area contributed by atoms with E-state index in [1.165, 1.54) is 0 Å². The lowest BCUT2D eigenvalue weighted by Crippen LogP contribution is -2.47. The Morgan fingerprint density at radius 3 is 2.54 bits per heavy atom. The molecule has 0 amide bonds. The molecule has 0 saturated carbocycles. The molecule has 0 fully saturated rings. The molecule has 0 aliphatic carbocycles. The van der Waals surface area contributed by atoms with Crippen molar-refractivity contribution in [3.8, 4) is 0 Å². The summed E-state index contributed by atoms with van der Waals surface area (Å²) < 4.78 is 5.63. The summed E-state index contributed by atoms with van der Waals surface area (Å²) in [6.07, 6.45) is 0.878. The second-order valence-electron chi connectivity index (χ2n) is 3.31.